The van der Waals surface area contributed by atoms with Crippen molar-refractivity contribution in [2.75, 3.05) is 5.32 Å². The predicted molar refractivity (Wildman–Crippen MR) is 119 cm³/mol. The molecule has 0 bridgehead atoms. The lowest BCUT2D eigenvalue weighted by Crippen LogP contribution is -2.14. The van der Waals surface area contributed by atoms with Crippen molar-refractivity contribution in [3.05, 3.63) is 87.4 Å². The first-order chi connectivity index (χ1) is 15.0. The summed E-state index contributed by atoms with van der Waals surface area (Å²) in [5.74, 6) is -0.609. The Kier molecular flexibility index (Phi) is 5.90. The second kappa shape index (κ2) is 8.77. The van der Waals surface area contributed by atoms with Crippen LogP contribution in [0.25, 0.3) is 5.69 Å². The molecule has 4 rings (SSSR count). The molecular weight excluding hydrogens is 413 g/mol. The topological polar surface area (TPSA) is 72.7 Å². The fourth-order valence-electron chi connectivity index (χ4n) is 3.37. The predicted octanol–water partition coefficient (Wildman–Crippen LogP) is 4.89. The second-order valence-electron chi connectivity index (χ2n) is 7.20. The molecular formula is C23H22FN5OS. The van der Waals surface area contributed by atoms with Gasteiger partial charge in [0.1, 0.15) is 5.82 Å². The summed E-state index contributed by atoms with van der Waals surface area (Å²) in [5, 5.41) is 11.7. The van der Waals surface area contributed by atoms with E-state index < -0.39 is 0 Å². The van der Waals surface area contributed by atoms with Crippen LogP contribution in [-0.2, 0) is 12.8 Å². The van der Waals surface area contributed by atoms with Crippen molar-refractivity contribution < 1.29 is 9.18 Å². The first-order valence-corrected chi connectivity index (χ1v) is 10.8. The Bertz CT molecular complexity index is 1230. The SMILES string of the molecule is CCc1ccccc1-n1nnc(C(=O)Nc2nc(C)c(Cc3ccc(F)cc3)s2)c1C. The minimum atomic E-state index is -0.347. The number of hydrogen-bond donors (Lipinski definition) is 1. The van der Waals surface area contributed by atoms with E-state index >= 15 is 0 Å². The number of para-hydroxylation sites is 1. The Hall–Kier alpha value is -3.39. The minimum absolute atomic E-state index is 0.261. The molecule has 0 saturated carbocycles. The number of aromatic nitrogens is 4. The van der Waals surface area contributed by atoms with Gasteiger partial charge < -0.3 is 0 Å². The Morgan fingerprint density at radius 1 is 1.13 bits per heavy atom. The van der Waals surface area contributed by atoms with Gasteiger partial charge in [-0.05, 0) is 49.6 Å². The average molecular weight is 436 g/mol. The van der Waals surface area contributed by atoms with E-state index in [1.165, 1.54) is 23.5 Å². The Labute approximate surface area is 183 Å². The van der Waals surface area contributed by atoms with Crippen LogP contribution in [0.4, 0.5) is 9.52 Å². The fraction of sp³-hybridized carbons (Fsp3) is 0.217. The summed E-state index contributed by atoms with van der Waals surface area (Å²) in [6, 6.07) is 14.3. The quantitative estimate of drug-likeness (QED) is 0.468. The number of nitrogens with zero attached hydrogens (tertiary/aromatic N) is 4. The normalized spacial score (nSPS) is 11.0. The van der Waals surface area contributed by atoms with E-state index in [4.69, 9.17) is 0 Å². The summed E-state index contributed by atoms with van der Waals surface area (Å²) >= 11 is 1.40. The first kappa shape index (κ1) is 20.9. The average Bonchev–Trinajstić information content (AvgIpc) is 3.31. The van der Waals surface area contributed by atoms with E-state index in [2.05, 4.69) is 27.5 Å². The van der Waals surface area contributed by atoms with Gasteiger partial charge in [0.25, 0.3) is 5.91 Å². The van der Waals surface area contributed by atoms with Gasteiger partial charge in [-0.25, -0.2) is 14.1 Å². The van der Waals surface area contributed by atoms with Crippen molar-refractivity contribution in [3.8, 4) is 5.69 Å². The zero-order valence-electron chi connectivity index (χ0n) is 17.5. The van der Waals surface area contributed by atoms with Crippen molar-refractivity contribution in [3.63, 3.8) is 0 Å². The van der Waals surface area contributed by atoms with Crippen molar-refractivity contribution in [1.82, 2.24) is 20.0 Å². The highest BCUT2D eigenvalue weighted by Gasteiger charge is 2.20. The molecule has 2 aromatic heterocycles. The lowest BCUT2D eigenvalue weighted by molar-refractivity contribution is 0.102. The molecule has 0 atom stereocenters. The molecule has 6 nitrogen and oxygen atoms in total. The maximum absolute atomic E-state index is 13.1. The number of carbonyl (C=O) groups excluding carboxylic acids is 1. The second-order valence-corrected chi connectivity index (χ2v) is 8.29. The Balaban J connectivity index is 1.53. The zero-order chi connectivity index (χ0) is 22.0. The number of hydrogen-bond acceptors (Lipinski definition) is 5. The van der Waals surface area contributed by atoms with Crippen molar-refractivity contribution in [1.29, 1.82) is 0 Å². The van der Waals surface area contributed by atoms with Crippen molar-refractivity contribution in [2.45, 2.75) is 33.6 Å². The molecule has 1 N–H and O–H groups in total. The number of carbonyl (C=O) groups is 1. The molecule has 0 saturated heterocycles. The van der Waals surface area contributed by atoms with Crippen LogP contribution < -0.4 is 5.32 Å². The van der Waals surface area contributed by atoms with Gasteiger partial charge in [0.05, 0.1) is 17.1 Å². The first-order valence-electron chi connectivity index (χ1n) is 9.99. The van der Waals surface area contributed by atoms with Gasteiger partial charge in [0.2, 0.25) is 0 Å². The molecule has 0 spiro atoms. The summed E-state index contributed by atoms with van der Waals surface area (Å²) in [6.07, 6.45) is 1.48. The number of aryl methyl sites for hydroxylation is 2. The van der Waals surface area contributed by atoms with E-state index in [-0.39, 0.29) is 17.4 Å². The molecule has 2 aromatic carbocycles. The fourth-order valence-corrected chi connectivity index (χ4v) is 4.37. The molecule has 0 aliphatic rings. The van der Waals surface area contributed by atoms with Crippen LogP contribution in [0.2, 0.25) is 0 Å². The lowest BCUT2D eigenvalue weighted by atomic mass is 10.1. The summed E-state index contributed by atoms with van der Waals surface area (Å²) in [5.41, 5.74) is 4.79. The minimum Gasteiger partial charge on any atom is -0.296 e. The number of amides is 1. The van der Waals surface area contributed by atoms with Crippen LogP contribution in [-0.4, -0.2) is 25.9 Å². The molecule has 0 fully saturated rings. The smallest absolute Gasteiger partial charge is 0.279 e. The molecule has 0 unspecified atom stereocenters. The Morgan fingerprint density at radius 2 is 1.87 bits per heavy atom. The van der Waals surface area contributed by atoms with Crippen molar-refractivity contribution >= 4 is 22.4 Å². The molecule has 1 amide bonds. The van der Waals surface area contributed by atoms with Crippen molar-refractivity contribution in [2.24, 2.45) is 0 Å². The molecule has 0 aliphatic heterocycles. The van der Waals surface area contributed by atoms with Gasteiger partial charge >= 0.3 is 0 Å². The van der Waals surface area contributed by atoms with E-state index in [1.54, 1.807) is 16.8 Å². The van der Waals surface area contributed by atoms with Crippen LogP contribution in [0.1, 0.15) is 44.8 Å². The van der Waals surface area contributed by atoms with Gasteiger partial charge in [0, 0.05) is 11.3 Å². The maximum Gasteiger partial charge on any atom is 0.279 e. The third kappa shape index (κ3) is 4.39. The van der Waals surface area contributed by atoms with Gasteiger partial charge in [0.15, 0.2) is 10.8 Å². The summed E-state index contributed by atoms with van der Waals surface area (Å²) in [7, 11) is 0. The zero-order valence-corrected chi connectivity index (χ0v) is 18.3. The monoisotopic (exact) mass is 435 g/mol. The van der Waals surface area contributed by atoms with E-state index in [1.807, 2.05) is 38.1 Å². The molecule has 0 aliphatic carbocycles. The molecule has 0 radical (unpaired) electrons. The number of thiazole rings is 1. The van der Waals surface area contributed by atoms with Gasteiger partial charge in [-0.1, -0.05) is 42.5 Å². The van der Waals surface area contributed by atoms with Crippen LogP contribution in [0.15, 0.2) is 48.5 Å². The van der Waals surface area contributed by atoms with Gasteiger partial charge in [-0.2, -0.15) is 0 Å². The van der Waals surface area contributed by atoms with E-state index in [9.17, 15) is 9.18 Å². The highest BCUT2D eigenvalue weighted by atomic mass is 32.1. The summed E-state index contributed by atoms with van der Waals surface area (Å²) in [6.45, 7) is 5.80. The third-order valence-electron chi connectivity index (χ3n) is 5.10. The van der Waals surface area contributed by atoms with Crippen LogP contribution in [0.5, 0.6) is 0 Å². The highest BCUT2D eigenvalue weighted by molar-refractivity contribution is 7.15. The molecule has 8 heteroatoms. The summed E-state index contributed by atoms with van der Waals surface area (Å²) in [4.78, 5) is 18.3. The maximum atomic E-state index is 13.1. The molecule has 158 valence electrons. The van der Waals surface area contributed by atoms with Gasteiger partial charge in [-0.3, -0.25) is 10.1 Å². The third-order valence-corrected chi connectivity index (χ3v) is 6.17. The van der Waals surface area contributed by atoms with E-state index in [0.717, 1.165) is 33.8 Å². The lowest BCUT2D eigenvalue weighted by Gasteiger charge is -2.08. The standard InChI is InChI=1S/C23H22FN5OS/c1-4-17-7-5-6-8-19(17)29-15(3)21(27-28-29)22(30)26-23-25-14(2)20(31-23)13-16-9-11-18(24)12-10-16/h5-12H,4,13H2,1-3H3,(H,25,26,30). The molecule has 2 heterocycles. The van der Waals surface area contributed by atoms with Gasteiger partial charge in [-0.15, -0.1) is 16.4 Å². The summed E-state index contributed by atoms with van der Waals surface area (Å²) < 4.78 is 14.8. The number of rotatable bonds is 6. The number of anilines is 1. The van der Waals surface area contributed by atoms with Crippen LogP contribution in [0, 0.1) is 19.7 Å². The Morgan fingerprint density at radius 3 is 2.61 bits per heavy atom. The number of benzene rings is 2. The molecule has 31 heavy (non-hydrogen) atoms. The largest absolute Gasteiger partial charge is 0.296 e. The van der Waals surface area contributed by atoms with Crippen LogP contribution in [0.3, 0.4) is 0 Å². The van der Waals surface area contributed by atoms with Crippen LogP contribution >= 0.6 is 11.3 Å². The molecule has 4 aromatic rings. The highest BCUT2D eigenvalue weighted by Crippen LogP contribution is 2.26. The number of nitrogens with one attached hydrogen (secondary N) is 1. The van der Waals surface area contributed by atoms with E-state index in [0.29, 0.717) is 17.2 Å². The number of halogens is 1.